The highest BCUT2D eigenvalue weighted by Crippen LogP contribution is 2.15. The Bertz CT molecular complexity index is 692. The van der Waals surface area contributed by atoms with Gasteiger partial charge >= 0.3 is 0 Å². The SMILES string of the molecule is CC(=O)c1cccc(OCC(=O)c2ccc(F)c(C)c2)c1. The highest BCUT2D eigenvalue weighted by atomic mass is 19.1. The number of hydrogen-bond acceptors (Lipinski definition) is 3. The molecule has 4 heteroatoms. The van der Waals surface area contributed by atoms with E-state index in [0.29, 0.717) is 22.4 Å². The molecular weight excluding hydrogens is 271 g/mol. The summed E-state index contributed by atoms with van der Waals surface area (Å²) in [6, 6.07) is 10.8. The molecule has 0 heterocycles. The summed E-state index contributed by atoms with van der Waals surface area (Å²) in [6.07, 6.45) is 0. The Balaban J connectivity index is 2.05. The van der Waals surface area contributed by atoms with Gasteiger partial charge in [-0.2, -0.15) is 0 Å². The van der Waals surface area contributed by atoms with Crippen LogP contribution in [0.2, 0.25) is 0 Å². The van der Waals surface area contributed by atoms with E-state index in [4.69, 9.17) is 4.74 Å². The second kappa shape index (κ2) is 6.31. The van der Waals surface area contributed by atoms with E-state index in [2.05, 4.69) is 0 Å². The normalized spacial score (nSPS) is 10.2. The molecule has 0 spiro atoms. The summed E-state index contributed by atoms with van der Waals surface area (Å²) in [5.41, 5.74) is 1.34. The Labute approximate surface area is 122 Å². The zero-order valence-electron chi connectivity index (χ0n) is 11.9. The Morgan fingerprint density at radius 1 is 1.10 bits per heavy atom. The van der Waals surface area contributed by atoms with Crippen molar-refractivity contribution in [2.45, 2.75) is 13.8 Å². The van der Waals surface area contributed by atoms with Gasteiger partial charge in [-0.3, -0.25) is 9.59 Å². The predicted molar refractivity (Wildman–Crippen MR) is 77.4 cm³/mol. The first-order chi connectivity index (χ1) is 9.97. The van der Waals surface area contributed by atoms with Gasteiger partial charge in [-0.1, -0.05) is 12.1 Å². The molecule has 0 aliphatic rings. The van der Waals surface area contributed by atoms with Gasteiger partial charge in [0, 0.05) is 11.1 Å². The van der Waals surface area contributed by atoms with Gasteiger partial charge < -0.3 is 4.74 Å². The lowest BCUT2D eigenvalue weighted by Crippen LogP contribution is -2.12. The third-order valence-corrected chi connectivity index (χ3v) is 3.09. The van der Waals surface area contributed by atoms with Crippen LogP contribution in [0.1, 0.15) is 33.2 Å². The Kier molecular flexibility index (Phi) is 4.48. The maximum absolute atomic E-state index is 13.2. The molecule has 0 aromatic heterocycles. The van der Waals surface area contributed by atoms with E-state index >= 15 is 0 Å². The van der Waals surface area contributed by atoms with Crippen LogP contribution >= 0.6 is 0 Å². The molecule has 0 saturated heterocycles. The molecular formula is C17H15FO3. The van der Waals surface area contributed by atoms with Crippen LogP contribution in [0, 0.1) is 12.7 Å². The molecule has 0 aliphatic carbocycles. The zero-order chi connectivity index (χ0) is 15.4. The van der Waals surface area contributed by atoms with Gasteiger partial charge in [0.1, 0.15) is 11.6 Å². The molecule has 0 N–H and O–H groups in total. The van der Waals surface area contributed by atoms with E-state index in [-0.39, 0.29) is 24.0 Å². The molecule has 0 atom stereocenters. The Hall–Kier alpha value is -2.49. The molecule has 0 saturated carbocycles. The first-order valence-electron chi connectivity index (χ1n) is 6.50. The minimum Gasteiger partial charge on any atom is -0.485 e. The third-order valence-electron chi connectivity index (χ3n) is 3.09. The fourth-order valence-electron chi connectivity index (χ4n) is 1.86. The van der Waals surface area contributed by atoms with Crippen LogP contribution in [-0.4, -0.2) is 18.2 Å². The number of rotatable bonds is 5. The fraction of sp³-hybridized carbons (Fsp3) is 0.176. The number of benzene rings is 2. The quantitative estimate of drug-likeness (QED) is 0.789. The number of carbonyl (C=O) groups excluding carboxylic acids is 2. The van der Waals surface area contributed by atoms with Gasteiger partial charge in [-0.25, -0.2) is 4.39 Å². The summed E-state index contributed by atoms with van der Waals surface area (Å²) in [5, 5.41) is 0. The number of ether oxygens (including phenoxy) is 1. The van der Waals surface area contributed by atoms with Gasteiger partial charge in [-0.05, 0) is 49.7 Å². The second-order valence-electron chi connectivity index (χ2n) is 4.76. The van der Waals surface area contributed by atoms with Gasteiger partial charge in [0.05, 0.1) is 0 Å². The van der Waals surface area contributed by atoms with Gasteiger partial charge in [0.15, 0.2) is 18.2 Å². The lowest BCUT2D eigenvalue weighted by atomic mass is 10.1. The molecule has 0 unspecified atom stereocenters. The van der Waals surface area contributed by atoms with E-state index in [1.54, 1.807) is 31.2 Å². The summed E-state index contributed by atoms with van der Waals surface area (Å²) in [6.45, 7) is 2.90. The number of ketones is 2. The van der Waals surface area contributed by atoms with Crippen LogP contribution in [0.4, 0.5) is 4.39 Å². The maximum atomic E-state index is 13.2. The van der Waals surface area contributed by atoms with Crippen LogP contribution in [0.15, 0.2) is 42.5 Å². The summed E-state index contributed by atoms with van der Waals surface area (Å²) < 4.78 is 18.5. The van der Waals surface area contributed by atoms with Crippen LogP contribution in [-0.2, 0) is 0 Å². The smallest absolute Gasteiger partial charge is 0.200 e. The average molecular weight is 286 g/mol. The lowest BCUT2D eigenvalue weighted by molar-refractivity contribution is 0.0921. The molecule has 0 radical (unpaired) electrons. The van der Waals surface area contributed by atoms with Crippen molar-refractivity contribution in [1.29, 1.82) is 0 Å². The number of aryl methyl sites for hydroxylation is 1. The van der Waals surface area contributed by atoms with Crippen molar-refractivity contribution in [2.75, 3.05) is 6.61 Å². The fourth-order valence-corrected chi connectivity index (χ4v) is 1.86. The van der Waals surface area contributed by atoms with Crippen molar-refractivity contribution in [2.24, 2.45) is 0 Å². The van der Waals surface area contributed by atoms with E-state index in [9.17, 15) is 14.0 Å². The molecule has 3 nitrogen and oxygen atoms in total. The molecule has 0 amide bonds. The summed E-state index contributed by atoms with van der Waals surface area (Å²) in [5.74, 6) is -0.205. The van der Waals surface area contributed by atoms with Gasteiger partial charge in [0.25, 0.3) is 0 Å². The lowest BCUT2D eigenvalue weighted by Gasteiger charge is -2.07. The van der Waals surface area contributed by atoms with Crippen molar-refractivity contribution in [3.8, 4) is 5.75 Å². The Morgan fingerprint density at radius 2 is 1.86 bits per heavy atom. The average Bonchev–Trinajstić information content (AvgIpc) is 2.48. The largest absolute Gasteiger partial charge is 0.485 e. The second-order valence-corrected chi connectivity index (χ2v) is 4.76. The van der Waals surface area contributed by atoms with Crippen molar-refractivity contribution >= 4 is 11.6 Å². The van der Waals surface area contributed by atoms with E-state index in [0.717, 1.165) is 0 Å². The van der Waals surface area contributed by atoms with Gasteiger partial charge in [-0.15, -0.1) is 0 Å². The highest BCUT2D eigenvalue weighted by Gasteiger charge is 2.09. The van der Waals surface area contributed by atoms with Crippen LogP contribution in [0.3, 0.4) is 0 Å². The van der Waals surface area contributed by atoms with Crippen molar-refractivity contribution in [3.63, 3.8) is 0 Å². The van der Waals surface area contributed by atoms with Gasteiger partial charge in [0.2, 0.25) is 0 Å². The maximum Gasteiger partial charge on any atom is 0.200 e. The van der Waals surface area contributed by atoms with Crippen LogP contribution < -0.4 is 4.74 Å². The number of halogens is 1. The standard InChI is InChI=1S/C17H15FO3/c1-11-8-14(6-7-16(11)18)17(20)10-21-15-5-3-4-13(9-15)12(2)19/h3-9H,10H2,1-2H3. The van der Waals surface area contributed by atoms with E-state index < -0.39 is 0 Å². The molecule has 0 bridgehead atoms. The van der Waals surface area contributed by atoms with Crippen molar-refractivity contribution in [1.82, 2.24) is 0 Å². The number of carbonyl (C=O) groups is 2. The minimum atomic E-state index is -0.346. The van der Waals surface area contributed by atoms with Crippen molar-refractivity contribution in [3.05, 3.63) is 65.0 Å². The molecule has 0 fully saturated rings. The Morgan fingerprint density at radius 3 is 2.52 bits per heavy atom. The number of Topliss-reactive ketones (excluding diaryl/α,β-unsaturated/α-hetero) is 2. The van der Waals surface area contributed by atoms with E-state index in [1.165, 1.54) is 25.1 Å². The minimum absolute atomic E-state index is 0.0686. The molecule has 0 aliphatic heterocycles. The molecule has 21 heavy (non-hydrogen) atoms. The van der Waals surface area contributed by atoms with Crippen LogP contribution in [0.5, 0.6) is 5.75 Å². The summed E-state index contributed by atoms with van der Waals surface area (Å²) in [7, 11) is 0. The van der Waals surface area contributed by atoms with E-state index in [1.807, 2.05) is 0 Å². The number of hydrogen-bond donors (Lipinski definition) is 0. The molecule has 108 valence electrons. The summed E-state index contributed by atoms with van der Waals surface area (Å²) >= 11 is 0. The predicted octanol–water partition coefficient (Wildman–Crippen LogP) is 3.60. The molecule has 2 aromatic carbocycles. The third kappa shape index (κ3) is 3.75. The first kappa shape index (κ1) is 14.9. The van der Waals surface area contributed by atoms with Crippen LogP contribution in [0.25, 0.3) is 0 Å². The first-order valence-corrected chi connectivity index (χ1v) is 6.50. The highest BCUT2D eigenvalue weighted by molar-refractivity contribution is 5.97. The van der Waals surface area contributed by atoms with Crippen molar-refractivity contribution < 1.29 is 18.7 Å². The molecule has 2 aromatic rings. The topological polar surface area (TPSA) is 43.4 Å². The zero-order valence-corrected chi connectivity index (χ0v) is 11.9. The summed E-state index contributed by atoms with van der Waals surface area (Å²) in [4.78, 5) is 23.3. The molecule has 2 rings (SSSR count). The monoisotopic (exact) mass is 286 g/mol.